The van der Waals surface area contributed by atoms with Gasteiger partial charge in [0.15, 0.2) is 5.82 Å². The number of nitrogens with zero attached hydrogens (tertiary/aromatic N) is 3. The van der Waals surface area contributed by atoms with Gasteiger partial charge in [-0.25, -0.2) is 4.98 Å². The topological polar surface area (TPSA) is 75.9 Å². The Morgan fingerprint density at radius 2 is 1.90 bits per heavy atom. The molecule has 0 saturated heterocycles. The zero-order valence-electron chi connectivity index (χ0n) is 11.8. The first-order valence-electron chi connectivity index (χ1n) is 7.01. The van der Waals surface area contributed by atoms with E-state index in [1.54, 1.807) is 0 Å². The molecule has 0 aliphatic heterocycles. The number of hydrogen-bond donors (Lipinski definition) is 2. The van der Waals surface area contributed by atoms with E-state index in [4.69, 9.17) is 4.52 Å². The smallest absolute Gasteiger partial charge is 0.225 e. The van der Waals surface area contributed by atoms with Crippen molar-refractivity contribution in [1.29, 1.82) is 0 Å². The van der Waals surface area contributed by atoms with Crippen LogP contribution in [0, 0.1) is 13.8 Å². The average Bonchev–Trinajstić information content (AvgIpc) is 3.01. The average molecular weight is 273 g/mol. The van der Waals surface area contributed by atoms with Crippen LogP contribution in [0.3, 0.4) is 0 Å². The molecule has 2 heterocycles. The predicted octanol–water partition coefficient (Wildman–Crippen LogP) is 3.18. The quantitative estimate of drug-likeness (QED) is 0.891. The third kappa shape index (κ3) is 3.07. The zero-order valence-corrected chi connectivity index (χ0v) is 11.8. The standard InChI is InChI=1S/C14H19N5O/c1-9-7-12(17-13-8-10(2)20-19-13)18-14(15-9)16-11-5-3-4-6-11/h7-8,11H,3-6H2,1-2H3,(H2,15,16,17,18,19). The van der Waals surface area contributed by atoms with E-state index in [0.29, 0.717) is 17.8 Å². The van der Waals surface area contributed by atoms with Crippen molar-refractivity contribution in [1.82, 2.24) is 15.1 Å². The molecule has 2 aromatic heterocycles. The van der Waals surface area contributed by atoms with E-state index in [2.05, 4.69) is 25.8 Å². The van der Waals surface area contributed by atoms with Gasteiger partial charge in [0.25, 0.3) is 0 Å². The van der Waals surface area contributed by atoms with Gasteiger partial charge in [-0.05, 0) is 26.7 Å². The van der Waals surface area contributed by atoms with Crippen molar-refractivity contribution in [2.75, 3.05) is 10.6 Å². The van der Waals surface area contributed by atoms with Crippen molar-refractivity contribution in [3.63, 3.8) is 0 Å². The second-order valence-electron chi connectivity index (χ2n) is 5.29. The number of aromatic nitrogens is 3. The van der Waals surface area contributed by atoms with Gasteiger partial charge in [-0.3, -0.25) is 0 Å². The summed E-state index contributed by atoms with van der Waals surface area (Å²) in [6.07, 6.45) is 4.96. The fraction of sp³-hybridized carbons (Fsp3) is 0.500. The molecule has 2 N–H and O–H groups in total. The molecule has 6 heteroatoms. The Morgan fingerprint density at radius 1 is 1.10 bits per heavy atom. The second kappa shape index (κ2) is 5.48. The Kier molecular flexibility index (Phi) is 3.54. The van der Waals surface area contributed by atoms with Crippen LogP contribution < -0.4 is 10.6 Å². The van der Waals surface area contributed by atoms with Gasteiger partial charge in [-0.2, -0.15) is 4.98 Å². The molecule has 6 nitrogen and oxygen atoms in total. The number of nitrogens with one attached hydrogen (secondary N) is 2. The van der Waals surface area contributed by atoms with Crippen LogP contribution in [0.15, 0.2) is 16.7 Å². The molecule has 0 spiro atoms. The first-order chi connectivity index (χ1) is 9.69. The lowest BCUT2D eigenvalue weighted by Gasteiger charge is -2.13. The molecular weight excluding hydrogens is 254 g/mol. The van der Waals surface area contributed by atoms with E-state index in [-0.39, 0.29) is 0 Å². The predicted molar refractivity (Wildman–Crippen MR) is 77.2 cm³/mol. The molecule has 0 unspecified atom stereocenters. The number of hydrogen-bond acceptors (Lipinski definition) is 6. The molecule has 1 aliphatic carbocycles. The van der Waals surface area contributed by atoms with Gasteiger partial charge >= 0.3 is 0 Å². The number of aryl methyl sites for hydroxylation is 2. The van der Waals surface area contributed by atoms with Gasteiger partial charge in [0.2, 0.25) is 5.95 Å². The highest BCUT2D eigenvalue weighted by molar-refractivity contribution is 5.53. The van der Waals surface area contributed by atoms with E-state index in [1.165, 1.54) is 25.7 Å². The summed E-state index contributed by atoms with van der Waals surface area (Å²) in [6.45, 7) is 3.82. The molecule has 2 aromatic rings. The molecule has 1 aliphatic rings. The van der Waals surface area contributed by atoms with Crippen molar-refractivity contribution in [3.05, 3.63) is 23.6 Å². The van der Waals surface area contributed by atoms with Gasteiger partial charge in [0.05, 0.1) is 0 Å². The number of anilines is 3. The molecule has 0 atom stereocenters. The van der Waals surface area contributed by atoms with Crippen molar-refractivity contribution in [2.45, 2.75) is 45.6 Å². The first kappa shape index (κ1) is 12.9. The summed E-state index contributed by atoms with van der Waals surface area (Å²) in [5.74, 6) is 2.83. The van der Waals surface area contributed by atoms with Crippen LogP contribution in [0.2, 0.25) is 0 Å². The largest absolute Gasteiger partial charge is 0.360 e. The Morgan fingerprint density at radius 3 is 2.60 bits per heavy atom. The molecule has 20 heavy (non-hydrogen) atoms. The van der Waals surface area contributed by atoms with Gasteiger partial charge in [0.1, 0.15) is 11.6 Å². The fourth-order valence-corrected chi connectivity index (χ4v) is 2.51. The summed E-state index contributed by atoms with van der Waals surface area (Å²) in [7, 11) is 0. The van der Waals surface area contributed by atoms with Crippen molar-refractivity contribution >= 4 is 17.6 Å². The molecular formula is C14H19N5O. The summed E-state index contributed by atoms with van der Waals surface area (Å²) in [4.78, 5) is 8.92. The Labute approximate surface area is 118 Å². The second-order valence-corrected chi connectivity index (χ2v) is 5.29. The molecule has 0 bridgehead atoms. The third-order valence-electron chi connectivity index (χ3n) is 3.43. The van der Waals surface area contributed by atoms with Gasteiger partial charge in [-0.1, -0.05) is 18.0 Å². The lowest BCUT2D eigenvalue weighted by molar-refractivity contribution is 0.400. The molecule has 1 saturated carbocycles. The highest BCUT2D eigenvalue weighted by atomic mass is 16.5. The minimum absolute atomic E-state index is 0.499. The third-order valence-corrected chi connectivity index (χ3v) is 3.43. The maximum absolute atomic E-state index is 5.03. The van der Waals surface area contributed by atoms with Crippen LogP contribution in [0.1, 0.15) is 37.1 Å². The summed E-state index contributed by atoms with van der Waals surface area (Å²) < 4.78 is 5.03. The maximum atomic E-state index is 5.03. The van der Waals surface area contributed by atoms with E-state index in [0.717, 1.165) is 17.3 Å². The summed E-state index contributed by atoms with van der Waals surface area (Å²) >= 11 is 0. The molecule has 0 radical (unpaired) electrons. The minimum atomic E-state index is 0.499. The van der Waals surface area contributed by atoms with Crippen LogP contribution in [0.25, 0.3) is 0 Å². The minimum Gasteiger partial charge on any atom is -0.360 e. The highest BCUT2D eigenvalue weighted by Crippen LogP contribution is 2.22. The molecule has 0 aromatic carbocycles. The van der Waals surface area contributed by atoms with Crippen molar-refractivity contribution in [2.24, 2.45) is 0 Å². The molecule has 3 rings (SSSR count). The Hall–Kier alpha value is -2.11. The van der Waals surface area contributed by atoms with Crippen LogP contribution in [0.5, 0.6) is 0 Å². The molecule has 1 fully saturated rings. The summed E-state index contributed by atoms with van der Waals surface area (Å²) in [5.41, 5.74) is 0.920. The number of rotatable bonds is 4. The van der Waals surface area contributed by atoms with Crippen LogP contribution in [-0.2, 0) is 0 Å². The normalized spacial score (nSPS) is 15.5. The maximum Gasteiger partial charge on any atom is 0.225 e. The van der Waals surface area contributed by atoms with E-state index >= 15 is 0 Å². The van der Waals surface area contributed by atoms with Crippen molar-refractivity contribution < 1.29 is 4.52 Å². The monoisotopic (exact) mass is 273 g/mol. The van der Waals surface area contributed by atoms with Crippen LogP contribution in [0.4, 0.5) is 17.6 Å². The summed E-state index contributed by atoms with van der Waals surface area (Å²) in [6, 6.07) is 4.23. The Bertz CT molecular complexity index is 589. The van der Waals surface area contributed by atoms with E-state index in [1.807, 2.05) is 26.0 Å². The molecule has 0 amide bonds. The van der Waals surface area contributed by atoms with E-state index < -0.39 is 0 Å². The highest BCUT2D eigenvalue weighted by Gasteiger charge is 2.16. The summed E-state index contributed by atoms with van der Waals surface area (Å²) in [5, 5.41) is 10.4. The fourth-order valence-electron chi connectivity index (χ4n) is 2.51. The van der Waals surface area contributed by atoms with E-state index in [9.17, 15) is 0 Å². The van der Waals surface area contributed by atoms with Gasteiger partial charge in [-0.15, -0.1) is 0 Å². The first-order valence-corrected chi connectivity index (χ1v) is 7.01. The molecule has 106 valence electrons. The van der Waals surface area contributed by atoms with Crippen molar-refractivity contribution in [3.8, 4) is 0 Å². The van der Waals surface area contributed by atoms with Gasteiger partial charge < -0.3 is 15.2 Å². The zero-order chi connectivity index (χ0) is 13.9. The van der Waals surface area contributed by atoms with Crippen LogP contribution >= 0.6 is 0 Å². The Balaban J connectivity index is 1.75. The van der Waals surface area contributed by atoms with Crippen LogP contribution in [-0.4, -0.2) is 21.2 Å². The van der Waals surface area contributed by atoms with Gasteiger partial charge in [0, 0.05) is 23.9 Å². The lowest BCUT2D eigenvalue weighted by atomic mass is 10.2. The lowest BCUT2D eigenvalue weighted by Crippen LogP contribution is -2.17. The SMILES string of the molecule is Cc1cc(Nc2cc(C)on2)nc(NC2CCCC2)n1.